The lowest BCUT2D eigenvalue weighted by molar-refractivity contribution is 0.0956. The molecule has 24 heavy (non-hydrogen) atoms. The number of thiophene rings is 1. The van der Waals surface area contributed by atoms with Crippen LogP contribution < -0.4 is 11.1 Å². The zero-order valence-electron chi connectivity index (χ0n) is 14.4. The molecule has 1 amide bonds. The average Bonchev–Trinajstić information content (AvgIpc) is 2.88. The van der Waals surface area contributed by atoms with Gasteiger partial charge in [-0.3, -0.25) is 4.79 Å². The van der Waals surface area contributed by atoms with Crippen LogP contribution in [-0.4, -0.2) is 10.9 Å². The van der Waals surface area contributed by atoms with Crippen molar-refractivity contribution in [2.75, 3.05) is 5.73 Å². The van der Waals surface area contributed by atoms with Gasteiger partial charge in [-0.2, -0.15) is 0 Å². The van der Waals surface area contributed by atoms with Gasteiger partial charge in [0.25, 0.3) is 5.91 Å². The van der Waals surface area contributed by atoms with Gasteiger partial charge in [-0.05, 0) is 44.4 Å². The molecule has 2 heterocycles. The standard InChI is InChI=1S/C19H21N3OS/c1-10-5-7-14(8-6-10)9-21-18(23)17-16(20)15-12(3)11(2)13(4)22-19(15)24-17/h5-8H,9,20H2,1-4H3,(H,21,23). The smallest absolute Gasteiger partial charge is 0.263 e. The molecule has 0 saturated heterocycles. The van der Waals surface area contributed by atoms with Crippen LogP contribution in [0.25, 0.3) is 10.2 Å². The number of benzene rings is 1. The van der Waals surface area contributed by atoms with Gasteiger partial charge < -0.3 is 11.1 Å². The zero-order valence-corrected chi connectivity index (χ0v) is 15.2. The van der Waals surface area contributed by atoms with Crippen molar-refractivity contribution < 1.29 is 4.79 Å². The molecular formula is C19H21N3OS. The molecule has 0 aliphatic carbocycles. The number of nitrogens with one attached hydrogen (secondary N) is 1. The molecule has 0 unspecified atom stereocenters. The lowest BCUT2D eigenvalue weighted by Gasteiger charge is -2.06. The van der Waals surface area contributed by atoms with Gasteiger partial charge >= 0.3 is 0 Å². The number of aromatic nitrogens is 1. The number of anilines is 1. The minimum absolute atomic E-state index is 0.147. The Morgan fingerprint density at radius 2 is 1.79 bits per heavy atom. The third kappa shape index (κ3) is 2.87. The van der Waals surface area contributed by atoms with E-state index >= 15 is 0 Å². The van der Waals surface area contributed by atoms with E-state index < -0.39 is 0 Å². The summed E-state index contributed by atoms with van der Waals surface area (Å²) in [6, 6.07) is 8.10. The van der Waals surface area contributed by atoms with Crippen LogP contribution in [0.3, 0.4) is 0 Å². The number of amides is 1. The summed E-state index contributed by atoms with van der Waals surface area (Å²) in [5, 5.41) is 3.85. The first-order chi connectivity index (χ1) is 11.4. The molecule has 4 nitrogen and oxygen atoms in total. The van der Waals surface area contributed by atoms with Gasteiger partial charge in [-0.15, -0.1) is 11.3 Å². The molecule has 3 N–H and O–H groups in total. The second kappa shape index (κ2) is 6.24. The molecule has 2 aromatic heterocycles. The maximum atomic E-state index is 12.5. The number of hydrogen-bond acceptors (Lipinski definition) is 4. The number of nitrogens with zero attached hydrogens (tertiary/aromatic N) is 1. The van der Waals surface area contributed by atoms with Crippen LogP contribution in [0.2, 0.25) is 0 Å². The Hall–Kier alpha value is -2.40. The van der Waals surface area contributed by atoms with E-state index in [1.165, 1.54) is 16.9 Å². The molecule has 3 aromatic rings. The van der Waals surface area contributed by atoms with Crippen LogP contribution in [0.15, 0.2) is 24.3 Å². The number of pyridine rings is 1. The highest BCUT2D eigenvalue weighted by atomic mass is 32.1. The Balaban J connectivity index is 1.88. The fourth-order valence-electron chi connectivity index (χ4n) is 2.70. The van der Waals surface area contributed by atoms with Crippen molar-refractivity contribution in [1.29, 1.82) is 0 Å². The number of fused-ring (bicyclic) bond motifs is 1. The first-order valence-electron chi connectivity index (χ1n) is 7.88. The number of hydrogen-bond donors (Lipinski definition) is 2. The zero-order chi connectivity index (χ0) is 17.4. The van der Waals surface area contributed by atoms with Gasteiger partial charge in [0, 0.05) is 17.6 Å². The van der Waals surface area contributed by atoms with E-state index in [1.54, 1.807) is 0 Å². The highest BCUT2D eigenvalue weighted by Gasteiger charge is 2.20. The molecule has 124 valence electrons. The molecule has 0 aliphatic heterocycles. The quantitative estimate of drug-likeness (QED) is 0.756. The number of nitrogens with two attached hydrogens (primary N) is 1. The second-order valence-electron chi connectivity index (χ2n) is 6.14. The Bertz CT molecular complexity index is 926. The molecule has 0 atom stereocenters. The summed E-state index contributed by atoms with van der Waals surface area (Å²) in [6.45, 7) is 8.57. The molecule has 0 spiro atoms. The summed E-state index contributed by atoms with van der Waals surface area (Å²) in [5.74, 6) is -0.147. The van der Waals surface area contributed by atoms with Crippen LogP contribution in [-0.2, 0) is 6.54 Å². The summed E-state index contributed by atoms with van der Waals surface area (Å²) < 4.78 is 0. The van der Waals surface area contributed by atoms with Gasteiger partial charge in [-0.1, -0.05) is 29.8 Å². The topological polar surface area (TPSA) is 68.0 Å². The van der Waals surface area contributed by atoms with Gasteiger partial charge in [0.1, 0.15) is 9.71 Å². The van der Waals surface area contributed by atoms with Crippen molar-refractivity contribution in [3.8, 4) is 0 Å². The average molecular weight is 339 g/mol. The second-order valence-corrected chi connectivity index (χ2v) is 7.14. The summed E-state index contributed by atoms with van der Waals surface area (Å²) >= 11 is 1.36. The predicted octanol–water partition coefficient (Wildman–Crippen LogP) is 4.04. The van der Waals surface area contributed by atoms with Crippen molar-refractivity contribution in [3.63, 3.8) is 0 Å². The van der Waals surface area contributed by atoms with E-state index in [0.717, 1.165) is 32.6 Å². The Kier molecular flexibility index (Phi) is 4.28. The first-order valence-corrected chi connectivity index (χ1v) is 8.69. The van der Waals surface area contributed by atoms with E-state index in [0.29, 0.717) is 17.1 Å². The molecule has 0 bridgehead atoms. The van der Waals surface area contributed by atoms with Crippen LogP contribution in [0.1, 0.15) is 37.6 Å². The fraction of sp³-hybridized carbons (Fsp3) is 0.263. The molecule has 0 radical (unpaired) electrons. The van der Waals surface area contributed by atoms with Gasteiger partial charge in [0.05, 0.1) is 5.69 Å². The van der Waals surface area contributed by atoms with E-state index in [4.69, 9.17) is 5.73 Å². The lowest BCUT2D eigenvalue weighted by Crippen LogP contribution is -2.22. The van der Waals surface area contributed by atoms with Crippen LogP contribution in [0, 0.1) is 27.7 Å². The number of nitrogen functional groups attached to an aromatic ring is 1. The highest BCUT2D eigenvalue weighted by molar-refractivity contribution is 7.21. The molecular weight excluding hydrogens is 318 g/mol. The fourth-order valence-corrected chi connectivity index (χ4v) is 3.82. The normalized spacial score (nSPS) is 11.0. The predicted molar refractivity (Wildman–Crippen MR) is 101 cm³/mol. The van der Waals surface area contributed by atoms with Crippen LogP contribution in [0.4, 0.5) is 5.69 Å². The number of rotatable bonds is 3. The molecule has 5 heteroatoms. The van der Waals surface area contributed by atoms with Gasteiger partial charge in [-0.25, -0.2) is 4.98 Å². The van der Waals surface area contributed by atoms with Crippen molar-refractivity contribution in [1.82, 2.24) is 10.3 Å². The minimum atomic E-state index is -0.147. The van der Waals surface area contributed by atoms with Crippen molar-refractivity contribution in [3.05, 3.63) is 57.1 Å². The summed E-state index contributed by atoms with van der Waals surface area (Å²) in [7, 11) is 0. The van der Waals surface area contributed by atoms with Crippen LogP contribution in [0.5, 0.6) is 0 Å². The Morgan fingerprint density at radius 1 is 1.12 bits per heavy atom. The summed E-state index contributed by atoms with van der Waals surface area (Å²) in [6.07, 6.45) is 0. The minimum Gasteiger partial charge on any atom is -0.397 e. The third-order valence-corrected chi connectivity index (χ3v) is 5.55. The lowest BCUT2D eigenvalue weighted by atomic mass is 10.1. The van der Waals surface area contributed by atoms with Crippen molar-refractivity contribution in [2.24, 2.45) is 0 Å². The van der Waals surface area contributed by atoms with Gasteiger partial charge in [0.2, 0.25) is 0 Å². The van der Waals surface area contributed by atoms with Crippen LogP contribution >= 0.6 is 11.3 Å². The monoisotopic (exact) mass is 339 g/mol. The maximum Gasteiger partial charge on any atom is 0.263 e. The summed E-state index contributed by atoms with van der Waals surface area (Å²) in [4.78, 5) is 18.5. The molecule has 0 fully saturated rings. The van der Waals surface area contributed by atoms with E-state index in [1.807, 2.05) is 52.0 Å². The molecule has 0 saturated carbocycles. The largest absolute Gasteiger partial charge is 0.397 e. The molecule has 3 rings (SSSR count). The Morgan fingerprint density at radius 3 is 2.46 bits per heavy atom. The number of carbonyl (C=O) groups excluding carboxylic acids is 1. The maximum absolute atomic E-state index is 12.5. The third-order valence-electron chi connectivity index (χ3n) is 4.46. The Labute approximate surface area is 145 Å². The number of aryl methyl sites for hydroxylation is 3. The van der Waals surface area contributed by atoms with E-state index in [2.05, 4.69) is 10.3 Å². The van der Waals surface area contributed by atoms with E-state index in [-0.39, 0.29) is 5.91 Å². The first kappa shape index (κ1) is 16.5. The van der Waals surface area contributed by atoms with Crippen molar-refractivity contribution >= 4 is 33.1 Å². The van der Waals surface area contributed by atoms with E-state index in [9.17, 15) is 4.79 Å². The molecule has 0 aliphatic rings. The SMILES string of the molecule is Cc1ccc(CNC(=O)c2sc3nc(C)c(C)c(C)c3c2N)cc1. The number of carbonyl (C=O) groups is 1. The highest BCUT2D eigenvalue weighted by Crippen LogP contribution is 2.36. The van der Waals surface area contributed by atoms with Gasteiger partial charge in [0.15, 0.2) is 0 Å². The summed E-state index contributed by atoms with van der Waals surface area (Å²) in [5.41, 5.74) is 12.3. The van der Waals surface area contributed by atoms with Crippen molar-refractivity contribution in [2.45, 2.75) is 34.2 Å². The molecule has 1 aromatic carbocycles.